The van der Waals surface area contributed by atoms with E-state index in [0.29, 0.717) is 17.6 Å². The quantitative estimate of drug-likeness (QED) is 0.741. The van der Waals surface area contributed by atoms with Gasteiger partial charge in [-0.2, -0.15) is 5.10 Å². The molecule has 0 atom stereocenters. The highest BCUT2D eigenvalue weighted by Gasteiger charge is 2.13. The summed E-state index contributed by atoms with van der Waals surface area (Å²) in [5.74, 6) is -1.13. The van der Waals surface area contributed by atoms with E-state index >= 15 is 0 Å². The smallest absolute Gasteiger partial charge is 0.305 e. The van der Waals surface area contributed by atoms with Gasteiger partial charge in [-0.25, -0.2) is 18.3 Å². The molecule has 0 spiro atoms. The standard InChI is InChI=1S/C18H16F2N4O/c1-11-3-6-14(7-4-11)24-17(9-12(2)23-24)22-18(25)21-16-8-5-13(19)10-15(16)20/h3-10H,1-2H3,(H2,21,22,25). The van der Waals surface area contributed by atoms with Crippen molar-refractivity contribution in [1.29, 1.82) is 0 Å². The minimum atomic E-state index is -0.849. The number of benzene rings is 2. The number of carbonyl (C=O) groups is 1. The third-order valence-electron chi connectivity index (χ3n) is 3.53. The highest BCUT2D eigenvalue weighted by Crippen LogP contribution is 2.19. The molecule has 2 aromatic carbocycles. The fourth-order valence-electron chi connectivity index (χ4n) is 2.33. The van der Waals surface area contributed by atoms with E-state index in [1.165, 1.54) is 0 Å². The molecule has 3 rings (SSSR count). The monoisotopic (exact) mass is 342 g/mol. The number of amides is 2. The van der Waals surface area contributed by atoms with Crippen LogP contribution in [0.15, 0.2) is 48.5 Å². The highest BCUT2D eigenvalue weighted by atomic mass is 19.1. The Labute approximate surface area is 143 Å². The van der Waals surface area contributed by atoms with Gasteiger partial charge in [0.1, 0.15) is 17.5 Å². The van der Waals surface area contributed by atoms with Gasteiger partial charge in [0, 0.05) is 12.1 Å². The van der Waals surface area contributed by atoms with Gasteiger partial charge in [-0.1, -0.05) is 17.7 Å². The summed E-state index contributed by atoms with van der Waals surface area (Å²) in [7, 11) is 0. The van der Waals surface area contributed by atoms with Crippen molar-refractivity contribution >= 4 is 17.5 Å². The summed E-state index contributed by atoms with van der Waals surface area (Å²) in [5.41, 5.74) is 2.48. The minimum Gasteiger partial charge on any atom is -0.305 e. The van der Waals surface area contributed by atoms with Crippen LogP contribution in [0.2, 0.25) is 0 Å². The molecule has 1 aromatic heterocycles. The van der Waals surface area contributed by atoms with Crippen molar-refractivity contribution in [3.8, 4) is 5.69 Å². The molecule has 1 heterocycles. The Morgan fingerprint density at radius 3 is 2.40 bits per heavy atom. The third kappa shape index (κ3) is 3.82. The van der Waals surface area contributed by atoms with Gasteiger partial charge in [0.15, 0.2) is 0 Å². The molecule has 0 aliphatic carbocycles. The number of anilines is 2. The lowest BCUT2D eigenvalue weighted by Gasteiger charge is -2.11. The van der Waals surface area contributed by atoms with Gasteiger partial charge in [0.2, 0.25) is 0 Å². The van der Waals surface area contributed by atoms with Crippen LogP contribution >= 0.6 is 0 Å². The van der Waals surface area contributed by atoms with Crippen LogP contribution in [0.5, 0.6) is 0 Å². The van der Waals surface area contributed by atoms with Crippen molar-refractivity contribution < 1.29 is 13.6 Å². The summed E-state index contributed by atoms with van der Waals surface area (Å²) < 4.78 is 28.1. The number of nitrogens with one attached hydrogen (secondary N) is 2. The van der Waals surface area contributed by atoms with E-state index in [9.17, 15) is 13.6 Å². The molecule has 128 valence electrons. The summed E-state index contributed by atoms with van der Waals surface area (Å²) in [6.45, 7) is 3.77. The van der Waals surface area contributed by atoms with E-state index < -0.39 is 17.7 Å². The molecule has 0 fully saturated rings. The summed E-state index contributed by atoms with van der Waals surface area (Å²) in [5, 5.41) is 9.33. The topological polar surface area (TPSA) is 59.0 Å². The lowest BCUT2D eigenvalue weighted by molar-refractivity contribution is 0.262. The number of aryl methyl sites for hydroxylation is 2. The highest BCUT2D eigenvalue weighted by molar-refractivity contribution is 5.99. The fourth-order valence-corrected chi connectivity index (χ4v) is 2.33. The molecule has 3 aromatic rings. The molecule has 0 radical (unpaired) electrons. The first-order chi connectivity index (χ1) is 11.9. The summed E-state index contributed by atoms with van der Waals surface area (Å²) in [4.78, 5) is 12.1. The number of hydrogen-bond acceptors (Lipinski definition) is 2. The number of rotatable bonds is 3. The lowest BCUT2D eigenvalue weighted by atomic mass is 10.2. The molecule has 0 aliphatic heterocycles. The maximum atomic E-state index is 13.6. The molecule has 0 saturated heterocycles. The molecule has 0 unspecified atom stereocenters. The van der Waals surface area contributed by atoms with Crippen LogP contribution in [0.4, 0.5) is 25.1 Å². The van der Waals surface area contributed by atoms with E-state index in [4.69, 9.17) is 0 Å². The zero-order valence-corrected chi connectivity index (χ0v) is 13.7. The largest absolute Gasteiger partial charge is 0.324 e. The van der Waals surface area contributed by atoms with Crippen LogP contribution in [0, 0.1) is 25.5 Å². The SMILES string of the molecule is Cc1ccc(-n2nc(C)cc2NC(=O)Nc2ccc(F)cc2F)cc1. The summed E-state index contributed by atoms with van der Waals surface area (Å²) >= 11 is 0. The first-order valence-electron chi connectivity index (χ1n) is 7.59. The van der Waals surface area contributed by atoms with Gasteiger partial charge in [0.25, 0.3) is 0 Å². The van der Waals surface area contributed by atoms with Gasteiger partial charge >= 0.3 is 6.03 Å². The Balaban J connectivity index is 1.81. The van der Waals surface area contributed by atoms with Crippen LogP contribution in [0.3, 0.4) is 0 Å². The van der Waals surface area contributed by atoms with Crippen LogP contribution in [-0.2, 0) is 0 Å². The Morgan fingerprint density at radius 1 is 1.00 bits per heavy atom. The Bertz CT molecular complexity index is 919. The van der Waals surface area contributed by atoms with Crippen molar-refractivity contribution in [1.82, 2.24) is 9.78 Å². The summed E-state index contributed by atoms with van der Waals surface area (Å²) in [6, 6.07) is 11.6. The maximum absolute atomic E-state index is 13.6. The summed E-state index contributed by atoms with van der Waals surface area (Å²) in [6.07, 6.45) is 0. The maximum Gasteiger partial charge on any atom is 0.324 e. The molecule has 25 heavy (non-hydrogen) atoms. The van der Waals surface area contributed by atoms with Crippen LogP contribution in [0.25, 0.3) is 5.69 Å². The van der Waals surface area contributed by atoms with Gasteiger partial charge < -0.3 is 5.32 Å². The second kappa shape index (κ2) is 6.72. The van der Waals surface area contributed by atoms with Crippen molar-refractivity contribution in [2.24, 2.45) is 0 Å². The number of nitrogens with zero attached hydrogens (tertiary/aromatic N) is 2. The van der Waals surface area contributed by atoms with E-state index in [1.807, 2.05) is 31.2 Å². The second-order valence-electron chi connectivity index (χ2n) is 5.62. The van der Waals surface area contributed by atoms with Crippen LogP contribution in [-0.4, -0.2) is 15.8 Å². The van der Waals surface area contributed by atoms with Crippen molar-refractivity contribution in [3.05, 3.63) is 71.4 Å². The van der Waals surface area contributed by atoms with Crippen molar-refractivity contribution in [2.75, 3.05) is 10.6 Å². The first-order valence-corrected chi connectivity index (χ1v) is 7.59. The van der Waals surface area contributed by atoms with Gasteiger partial charge in [-0.05, 0) is 38.1 Å². The molecule has 5 nitrogen and oxygen atoms in total. The number of aromatic nitrogens is 2. The number of halogens is 2. The average molecular weight is 342 g/mol. The Kier molecular flexibility index (Phi) is 4.47. The average Bonchev–Trinajstić information content (AvgIpc) is 2.91. The predicted octanol–water partition coefficient (Wildman–Crippen LogP) is 4.41. The fraction of sp³-hybridized carbons (Fsp3) is 0.111. The van der Waals surface area contributed by atoms with E-state index in [-0.39, 0.29) is 5.69 Å². The van der Waals surface area contributed by atoms with Crippen LogP contribution in [0.1, 0.15) is 11.3 Å². The van der Waals surface area contributed by atoms with Gasteiger partial charge in [-0.3, -0.25) is 5.32 Å². The van der Waals surface area contributed by atoms with Gasteiger partial charge in [-0.15, -0.1) is 0 Å². The van der Waals surface area contributed by atoms with Gasteiger partial charge in [0.05, 0.1) is 17.1 Å². The molecule has 2 amide bonds. The van der Waals surface area contributed by atoms with E-state index in [1.54, 1.807) is 17.7 Å². The zero-order valence-electron chi connectivity index (χ0n) is 13.7. The molecule has 0 saturated carbocycles. The molecular formula is C18H16F2N4O. The number of urea groups is 1. The third-order valence-corrected chi connectivity index (χ3v) is 3.53. The second-order valence-corrected chi connectivity index (χ2v) is 5.62. The van der Waals surface area contributed by atoms with E-state index in [2.05, 4.69) is 15.7 Å². The molecule has 0 bridgehead atoms. The Morgan fingerprint density at radius 2 is 1.72 bits per heavy atom. The van der Waals surface area contributed by atoms with Crippen molar-refractivity contribution in [2.45, 2.75) is 13.8 Å². The first kappa shape index (κ1) is 16.6. The predicted molar refractivity (Wildman–Crippen MR) is 92.0 cm³/mol. The van der Waals surface area contributed by atoms with Crippen LogP contribution < -0.4 is 10.6 Å². The van der Waals surface area contributed by atoms with Crippen molar-refractivity contribution in [3.63, 3.8) is 0 Å². The molecule has 7 heteroatoms. The number of carbonyl (C=O) groups excluding carboxylic acids is 1. The van der Waals surface area contributed by atoms with E-state index in [0.717, 1.165) is 23.4 Å². The normalized spacial score (nSPS) is 10.6. The lowest BCUT2D eigenvalue weighted by Crippen LogP contribution is -2.22. The molecule has 2 N–H and O–H groups in total. The minimum absolute atomic E-state index is 0.114. The Hall–Kier alpha value is -3.22. The zero-order chi connectivity index (χ0) is 18.0. The number of hydrogen-bond donors (Lipinski definition) is 2. The molecule has 0 aliphatic rings. The molecular weight excluding hydrogens is 326 g/mol.